The smallest absolute Gasteiger partial charge is 0.0814 e. The molecule has 1 saturated heterocycles. The molecule has 0 aromatic heterocycles. The van der Waals surface area contributed by atoms with Crippen LogP contribution in [-0.4, -0.2) is 25.4 Å². The summed E-state index contributed by atoms with van der Waals surface area (Å²) in [5.41, 5.74) is 6.57. The minimum absolute atomic E-state index is 0.186. The van der Waals surface area contributed by atoms with Gasteiger partial charge in [-0.05, 0) is 24.5 Å². The lowest BCUT2D eigenvalue weighted by molar-refractivity contribution is -0.0168. The molecule has 0 radical (unpaired) electrons. The molecule has 0 spiro atoms. The van der Waals surface area contributed by atoms with Gasteiger partial charge < -0.3 is 15.2 Å². The summed E-state index contributed by atoms with van der Waals surface area (Å²) in [6.45, 7) is 1.75. The molecule has 2 atom stereocenters. The Hall–Kier alpha value is -0.610. The number of hydrogen-bond acceptors (Lipinski definition) is 3. The number of hydrogen-bond donors (Lipinski definition) is 1. The van der Waals surface area contributed by atoms with Crippen molar-refractivity contribution in [1.29, 1.82) is 0 Å². The lowest BCUT2D eigenvalue weighted by Crippen LogP contribution is -2.22. The third-order valence-corrected chi connectivity index (χ3v) is 3.35. The van der Waals surface area contributed by atoms with Gasteiger partial charge in [-0.25, -0.2) is 0 Å². The predicted molar refractivity (Wildman–Crippen MR) is 68.1 cm³/mol. The van der Waals surface area contributed by atoms with Gasteiger partial charge in [0.05, 0.1) is 25.4 Å². The van der Waals surface area contributed by atoms with Crippen molar-refractivity contribution in [1.82, 2.24) is 0 Å². The van der Waals surface area contributed by atoms with E-state index in [1.807, 2.05) is 24.3 Å². The van der Waals surface area contributed by atoms with E-state index in [4.69, 9.17) is 26.8 Å². The molecule has 0 aliphatic carbocycles. The molecule has 1 aliphatic rings. The maximum atomic E-state index is 6.04. The van der Waals surface area contributed by atoms with E-state index in [1.165, 1.54) is 0 Å². The maximum absolute atomic E-state index is 6.04. The van der Waals surface area contributed by atoms with Crippen molar-refractivity contribution >= 4 is 11.6 Å². The van der Waals surface area contributed by atoms with Crippen LogP contribution in [0.1, 0.15) is 18.4 Å². The summed E-state index contributed by atoms with van der Waals surface area (Å²) in [4.78, 5) is 0. The highest BCUT2D eigenvalue weighted by Gasteiger charge is 2.23. The van der Waals surface area contributed by atoms with Crippen molar-refractivity contribution in [3.63, 3.8) is 0 Å². The van der Waals surface area contributed by atoms with E-state index in [0.717, 1.165) is 23.4 Å². The summed E-state index contributed by atoms with van der Waals surface area (Å²) in [6.07, 6.45) is 2.47. The quantitative estimate of drug-likeness (QED) is 0.879. The molecule has 1 heterocycles. The van der Waals surface area contributed by atoms with E-state index in [0.29, 0.717) is 19.8 Å². The minimum atomic E-state index is 0.186. The summed E-state index contributed by atoms with van der Waals surface area (Å²) in [6, 6.07) is 7.72. The van der Waals surface area contributed by atoms with Crippen LogP contribution in [0.2, 0.25) is 5.02 Å². The van der Waals surface area contributed by atoms with Crippen molar-refractivity contribution in [3.05, 3.63) is 34.9 Å². The Morgan fingerprint density at radius 2 is 2.06 bits per heavy atom. The highest BCUT2D eigenvalue weighted by Crippen LogP contribution is 2.20. The van der Waals surface area contributed by atoms with Crippen molar-refractivity contribution < 1.29 is 9.47 Å². The highest BCUT2D eigenvalue weighted by molar-refractivity contribution is 6.31. The van der Waals surface area contributed by atoms with Gasteiger partial charge in [-0.1, -0.05) is 29.8 Å². The molecule has 1 aromatic carbocycles. The first-order valence-corrected chi connectivity index (χ1v) is 6.34. The van der Waals surface area contributed by atoms with Gasteiger partial charge in [0.25, 0.3) is 0 Å². The van der Waals surface area contributed by atoms with Gasteiger partial charge >= 0.3 is 0 Å². The topological polar surface area (TPSA) is 44.5 Å². The van der Waals surface area contributed by atoms with E-state index >= 15 is 0 Å². The molecule has 94 valence electrons. The minimum Gasteiger partial charge on any atom is -0.374 e. The molecule has 0 saturated carbocycles. The molecular weight excluding hydrogens is 238 g/mol. The van der Waals surface area contributed by atoms with Gasteiger partial charge in [-0.15, -0.1) is 0 Å². The van der Waals surface area contributed by atoms with Crippen molar-refractivity contribution in [2.45, 2.75) is 31.7 Å². The van der Waals surface area contributed by atoms with Crippen molar-refractivity contribution in [3.8, 4) is 0 Å². The number of ether oxygens (including phenoxy) is 2. The van der Waals surface area contributed by atoms with Gasteiger partial charge in [-0.3, -0.25) is 0 Å². The summed E-state index contributed by atoms with van der Waals surface area (Å²) in [5, 5.41) is 0.750. The fraction of sp³-hybridized carbons (Fsp3) is 0.538. The predicted octanol–water partition coefficient (Wildman–Crippen LogP) is 2.36. The third-order valence-electron chi connectivity index (χ3n) is 2.98. The van der Waals surface area contributed by atoms with Crippen LogP contribution in [0.4, 0.5) is 0 Å². The molecule has 17 heavy (non-hydrogen) atoms. The third kappa shape index (κ3) is 3.68. The molecule has 1 fully saturated rings. The zero-order valence-corrected chi connectivity index (χ0v) is 10.5. The molecule has 3 nitrogen and oxygen atoms in total. The lowest BCUT2D eigenvalue weighted by atomic mass is 10.2. The first-order chi connectivity index (χ1) is 8.29. The zero-order valence-electron chi connectivity index (χ0n) is 9.77. The Morgan fingerprint density at radius 3 is 2.76 bits per heavy atom. The normalized spacial score (nSPS) is 24.1. The van der Waals surface area contributed by atoms with Crippen LogP contribution in [0, 0.1) is 0 Å². The Balaban J connectivity index is 1.72. The van der Waals surface area contributed by atoms with Crippen LogP contribution in [0.15, 0.2) is 24.3 Å². The molecule has 2 rings (SSSR count). The second kappa shape index (κ2) is 6.36. The highest BCUT2D eigenvalue weighted by atomic mass is 35.5. The van der Waals surface area contributed by atoms with Gasteiger partial charge in [-0.2, -0.15) is 0 Å². The van der Waals surface area contributed by atoms with Crippen LogP contribution in [0.3, 0.4) is 0 Å². The monoisotopic (exact) mass is 255 g/mol. The summed E-state index contributed by atoms with van der Waals surface area (Å²) < 4.78 is 11.3. The van der Waals surface area contributed by atoms with E-state index in [-0.39, 0.29) is 12.2 Å². The van der Waals surface area contributed by atoms with E-state index in [9.17, 15) is 0 Å². The molecule has 1 aliphatic heterocycles. The summed E-state index contributed by atoms with van der Waals surface area (Å²) in [5.74, 6) is 0. The number of benzene rings is 1. The first-order valence-electron chi connectivity index (χ1n) is 5.96. The van der Waals surface area contributed by atoms with Gasteiger partial charge in [0.15, 0.2) is 0 Å². The van der Waals surface area contributed by atoms with Crippen LogP contribution in [0.25, 0.3) is 0 Å². The van der Waals surface area contributed by atoms with Crippen molar-refractivity contribution in [2.24, 2.45) is 5.73 Å². The number of nitrogens with two attached hydrogens (primary N) is 1. The lowest BCUT2D eigenvalue weighted by Gasteiger charge is -2.13. The number of rotatable bonds is 5. The Bertz CT molecular complexity index is 359. The number of halogens is 1. The largest absolute Gasteiger partial charge is 0.374 e. The Kier molecular flexibility index (Phi) is 4.80. The molecular formula is C13H18ClNO2. The average molecular weight is 256 g/mol. The summed E-state index contributed by atoms with van der Waals surface area (Å²) in [7, 11) is 0. The van der Waals surface area contributed by atoms with E-state index in [2.05, 4.69) is 0 Å². The fourth-order valence-corrected chi connectivity index (χ4v) is 2.18. The Morgan fingerprint density at radius 1 is 1.29 bits per heavy atom. The molecule has 1 aromatic rings. The zero-order chi connectivity index (χ0) is 12.1. The standard InChI is InChI=1S/C13H18ClNO2/c14-13-4-2-1-3-10(13)8-16-9-12-6-5-11(7-15)17-12/h1-4,11-12H,5-9,15H2. The summed E-state index contributed by atoms with van der Waals surface area (Å²) >= 11 is 6.04. The fourth-order valence-electron chi connectivity index (χ4n) is 1.99. The van der Waals surface area contributed by atoms with Crippen LogP contribution < -0.4 is 5.73 Å². The molecule has 2 N–H and O–H groups in total. The SMILES string of the molecule is NCC1CCC(COCc2ccccc2Cl)O1. The van der Waals surface area contributed by atoms with Gasteiger partial charge in [0, 0.05) is 11.6 Å². The van der Waals surface area contributed by atoms with E-state index < -0.39 is 0 Å². The van der Waals surface area contributed by atoms with Crippen LogP contribution in [0.5, 0.6) is 0 Å². The maximum Gasteiger partial charge on any atom is 0.0814 e. The van der Waals surface area contributed by atoms with Gasteiger partial charge in [0.1, 0.15) is 0 Å². The van der Waals surface area contributed by atoms with Crippen molar-refractivity contribution in [2.75, 3.05) is 13.2 Å². The molecule has 0 amide bonds. The first kappa shape index (κ1) is 12.8. The van der Waals surface area contributed by atoms with E-state index in [1.54, 1.807) is 0 Å². The molecule has 2 unspecified atom stereocenters. The molecule has 4 heteroatoms. The van der Waals surface area contributed by atoms with Gasteiger partial charge in [0.2, 0.25) is 0 Å². The molecule has 0 bridgehead atoms. The second-order valence-electron chi connectivity index (χ2n) is 4.30. The van der Waals surface area contributed by atoms with Crippen LogP contribution >= 0.6 is 11.6 Å². The van der Waals surface area contributed by atoms with Crippen LogP contribution in [-0.2, 0) is 16.1 Å². The average Bonchev–Trinajstić information content (AvgIpc) is 2.80. The second-order valence-corrected chi connectivity index (χ2v) is 4.71. The Labute approximate surface area is 107 Å².